The van der Waals surface area contributed by atoms with Crippen LogP contribution in [-0.2, 0) is 14.8 Å². The summed E-state index contributed by atoms with van der Waals surface area (Å²) in [7, 11) is -1.79. The molecule has 1 aromatic heterocycles. The average Bonchev–Trinajstić information content (AvgIpc) is 2.74. The molecule has 0 N–H and O–H groups in total. The van der Waals surface area contributed by atoms with Crippen LogP contribution in [-0.4, -0.2) is 61.5 Å². The van der Waals surface area contributed by atoms with E-state index >= 15 is 0 Å². The van der Waals surface area contributed by atoms with E-state index in [1.165, 1.54) is 17.7 Å². The third-order valence-corrected chi connectivity index (χ3v) is 7.88. The van der Waals surface area contributed by atoms with Gasteiger partial charge in [-0.2, -0.15) is 9.57 Å². The van der Waals surface area contributed by atoms with Gasteiger partial charge in [0.05, 0.1) is 28.7 Å². The maximum atomic E-state index is 12.9. The van der Waals surface area contributed by atoms with E-state index < -0.39 is 10.0 Å². The fourth-order valence-electron chi connectivity index (χ4n) is 4.31. The summed E-state index contributed by atoms with van der Waals surface area (Å²) >= 11 is 0. The molecule has 2 aliphatic heterocycles. The number of benzene rings is 1. The van der Waals surface area contributed by atoms with Crippen LogP contribution in [0.5, 0.6) is 0 Å². The van der Waals surface area contributed by atoms with E-state index in [2.05, 4.69) is 9.88 Å². The predicted octanol–water partition coefficient (Wildman–Crippen LogP) is 2.18. The Bertz CT molecular complexity index is 981. The molecule has 0 aliphatic carbocycles. The molecule has 2 aliphatic rings. The van der Waals surface area contributed by atoms with Crippen LogP contribution in [0.1, 0.15) is 30.0 Å². The lowest BCUT2D eigenvalue weighted by atomic mass is 9.87. The van der Waals surface area contributed by atoms with Crippen molar-refractivity contribution in [1.82, 2.24) is 14.2 Å². The van der Waals surface area contributed by atoms with E-state index in [4.69, 9.17) is 10.00 Å². The van der Waals surface area contributed by atoms with Gasteiger partial charge in [0.15, 0.2) is 0 Å². The minimum absolute atomic E-state index is 0.151. The minimum atomic E-state index is -3.53. The Kier molecular flexibility index (Phi) is 5.65. The summed E-state index contributed by atoms with van der Waals surface area (Å²) in [5, 5.41) is 8.90. The lowest BCUT2D eigenvalue weighted by Gasteiger charge is -2.52. The summed E-state index contributed by atoms with van der Waals surface area (Å²) in [5.41, 5.74) is 1.64. The van der Waals surface area contributed by atoms with Gasteiger partial charge in [0.1, 0.15) is 0 Å². The summed E-state index contributed by atoms with van der Waals surface area (Å²) in [6.45, 7) is 1.84. The normalized spacial score (nSPS) is 24.0. The topological polar surface area (TPSA) is 86.5 Å². The number of pyridine rings is 1. The van der Waals surface area contributed by atoms with Crippen molar-refractivity contribution in [2.45, 2.75) is 35.9 Å². The predicted molar refractivity (Wildman–Crippen MR) is 107 cm³/mol. The van der Waals surface area contributed by atoms with Gasteiger partial charge in [-0.1, -0.05) is 0 Å². The van der Waals surface area contributed by atoms with Crippen molar-refractivity contribution < 1.29 is 13.2 Å². The number of piperidine rings is 1. The van der Waals surface area contributed by atoms with Gasteiger partial charge in [-0.05, 0) is 54.8 Å². The first-order chi connectivity index (χ1) is 14.0. The van der Waals surface area contributed by atoms with Gasteiger partial charge in [-0.3, -0.25) is 9.88 Å². The van der Waals surface area contributed by atoms with Crippen molar-refractivity contribution in [3.8, 4) is 6.07 Å². The third kappa shape index (κ3) is 3.79. The summed E-state index contributed by atoms with van der Waals surface area (Å²) in [6.07, 6.45) is 5.32. The molecule has 8 heteroatoms. The largest absolute Gasteiger partial charge is 0.378 e. The molecule has 152 valence electrons. The number of hydrogen-bond donors (Lipinski definition) is 0. The van der Waals surface area contributed by atoms with Gasteiger partial charge >= 0.3 is 0 Å². The van der Waals surface area contributed by atoms with E-state index in [0.717, 1.165) is 19.4 Å². The van der Waals surface area contributed by atoms with E-state index in [-0.39, 0.29) is 17.0 Å². The highest BCUT2D eigenvalue weighted by Crippen LogP contribution is 2.39. The number of nitriles is 1. The SMILES string of the molecule is CO[C@H]1CN(C2CCN(S(=O)(=O)c3ccc(C#N)cc3)CC2)[C@H]1c1ccncc1. The van der Waals surface area contributed by atoms with Crippen molar-refractivity contribution >= 4 is 10.0 Å². The summed E-state index contributed by atoms with van der Waals surface area (Å²) in [5.74, 6) is 0. The van der Waals surface area contributed by atoms with Crippen molar-refractivity contribution in [3.05, 3.63) is 59.9 Å². The van der Waals surface area contributed by atoms with Crippen molar-refractivity contribution in [2.24, 2.45) is 0 Å². The molecule has 3 heterocycles. The number of likely N-dealkylation sites (tertiary alicyclic amines) is 1. The van der Waals surface area contributed by atoms with Gasteiger partial charge in [0, 0.05) is 45.2 Å². The molecule has 0 spiro atoms. The summed E-state index contributed by atoms with van der Waals surface area (Å²) in [4.78, 5) is 6.77. The molecule has 2 atom stereocenters. The quantitative estimate of drug-likeness (QED) is 0.748. The van der Waals surface area contributed by atoms with Crippen molar-refractivity contribution in [2.75, 3.05) is 26.7 Å². The highest BCUT2D eigenvalue weighted by molar-refractivity contribution is 7.89. The zero-order valence-electron chi connectivity index (χ0n) is 16.3. The first-order valence-corrected chi connectivity index (χ1v) is 11.2. The van der Waals surface area contributed by atoms with Crippen LogP contribution in [0.25, 0.3) is 0 Å². The molecule has 29 heavy (non-hydrogen) atoms. The second-order valence-electron chi connectivity index (χ2n) is 7.47. The summed E-state index contributed by atoms with van der Waals surface area (Å²) < 4.78 is 33.1. The molecule has 2 fully saturated rings. The first kappa shape index (κ1) is 20.0. The van der Waals surface area contributed by atoms with Crippen LogP contribution in [0.3, 0.4) is 0 Å². The number of rotatable bonds is 5. The molecule has 0 bridgehead atoms. The first-order valence-electron chi connectivity index (χ1n) is 9.73. The Hall–Kier alpha value is -2.31. The van der Waals surface area contributed by atoms with E-state index in [9.17, 15) is 8.42 Å². The second-order valence-corrected chi connectivity index (χ2v) is 9.41. The van der Waals surface area contributed by atoms with Gasteiger partial charge in [-0.25, -0.2) is 8.42 Å². The van der Waals surface area contributed by atoms with Crippen LogP contribution >= 0.6 is 0 Å². The Morgan fingerprint density at radius 2 is 1.76 bits per heavy atom. The maximum absolute atomic E-state index is 12.9. The molecule has 0 unspecified atom stereocenters. The van der Waals surface area contributed by atoms with Gasteiger partial charge in [0.2, 0.25) is 10.0 Å². The molecular formula is C21H24N4O3S. The lowest BCUT2D eigenvalue weighted by molar-refractivity contribution is -0.114. The van der Waals surface area contributed by atoms with E-state index in [1.807, 2.05) is 18.2 Å². The van der Waals surface area contributed by atoms with Gasteiger partial charge in [0.25, 0.3) is 0 Å². The van der Waals surface area contributed by atoms with Crippen molar-refractivity contribution in [3.63, 3.8) is 0 Å². The fraction of sp³-hybridized carbons (Fsp3) is 0.429. The zero-order chi connectivity index (χ0) is 20.4. The monoisotopic (exact) mass is 412 g/mol. The summed E-state index contributed by atoms with van der Waals surface area (Å²) in [6, 6.07) is 12.7. The second kappa shape index (κ2) is 8.20. The number of methoxy groups -OCH3 is 1. The van der Waals surface area contributed by atoms with Gasteiger partial charge < -0.3 is 4.74 Å². The Morgan fingerprint density at radius 3 is 2.34 bits per heavy atom. The standard InChI is InChI=1S/C21H24N4O3S/c1-28-20-15-25(21(20)17-6-10-23-11-7-17)18-8-12-24(13-9-18)29(26,27)19-4-2-16(14-22)3-5-19/h2-7,10-11,18,20-21H,8-9,12-13,15H2,1H3/t20-,21-/m0/s1. The third-order valence-electron chi connectivity index (χ3n) is 5.96. The minimum Gasteiger partial charge on any atom is -0.378 e. The van der Waals surface area contributed by atoms with E-state index in [1.54, 1.807) is 35.9 Å². The highest BCUT2D eigenvalue weighted by Gasteiger charge is 2.45. The number of hydrogen-bond acceptors (Lipinski definition) is 6. The number of ether oxygens (including phenoxy) is 1. The number of sulfonamides is 1. The van der Waals surface area contributed by atoms with Crippen LogP contribution in [0, 0.1) is 11.3 Å². The lowest BCUT2D eigenvalue weighted by Crippen LogP contribution is -2.60. The number of nitrogens with zero attached hydrogens (tertiary/aromatic N) is 4. The smallest absolute Gasteiger partial charge is 0.243 e. The van der Waals surface area contributed by atoms with Crippen molar-refractivity contribution in [1.29, 1.82) is 5.26 Å². The molecule has 1 aromatic carbocycles. The number of aromatic nitrogens is 1. The molecule has 7 nitrogen and oxygen atoms in total. The molecule has 0 amide bonds. The zero-order valence-corrected chi connectivity index (χ0v) is 17.1. The molecule has 0 saturated carbocycles. The van der Waals surface area contributed by atoms with Crippen LogP contribution in [0.4, 0.5) is 0 Å². The van der Waals surface area contributed by atoms with Crippen LogP contribution < -0.4 is 0 Å². The molecule has 4 rings (SSSR count). The Labute approximate surface area is 171 Å². The Morgan fingerprint density at radius 1 is 1.10 bits per heavy atom. The van der Waals surface area contributed by atoms with Crippen LogP contribution in [0.2, 0.25) is 0 Å². The average molecular weight is 413 g/mol. The van der Waals surface area contributed by atoms with Crippen LogP contribution in [0.15, 0.2) is 53.7 Å². The molecular weight excluding hydrogens is 388 g/mol. The molecule has 2 saturated heterocycles. The maximum Gasteiger partial charge on any atom is 0.243 e. The fourth-order valence-corrected chi connectivity index (χ4v) is 5.78. The Balaban J connectivity index is 1.43. The molecule has 2 aromatic rings. The molecule has 0 radical (unpaired) electrons. The van der Waals surface area contributed by atoms with E-state index in [0.29, 0.717) is 24.7 Å². The van der Waals surface area contributed by atoms with Gasteiger partial charge in [-0.15, -0.1) is 0 Å². The highest BCUT2D eigenvalue weighted by atomic mass is 32.2.